The van der Waals surface area contributed by atoms with E-state index in [2.05, 4.69) is 23.5 Å². The molecule has 152 valence electrons. The van der Waals surface area contributed by atoms with E-state index in [1.54, 1.807) is 12.1 Å². The number of hydrogen-bond acceptors (Lipinski definition) is 3. The van der Waals surface area contributed by atoms with Crippen LogP contribution in [-0.2, 0) is 11.0 Å². The summed E-state index contributed by atoms with van der Waals surface area (Å²) in [5.41, 5.74) is 0.892. The van der Waals surface area contributed by atoms with Gasteiger partial charge >= 0.3 is 0 Å². The highest BCUT2D eigenvalue weighted by molar-refractivity contribution is 7.84. The molecule has 1 aliphatic rings. The predicted octanol–water partition coefficient (Wildman–Crippen LogP) is 5.04. The van der Waals surface area contributed by atoms with Crippen molar-refractivity contribution in [2.24, 2.45) is 5.92 Å². The summed E-state index contributed by atoms with van der Waals surface area (Å²) in [6, 6.07) is 3.83. The zero-order valence-electron chi connectivity index (χ0n) is 16.5. The van der Waals surface area contributed by atoms with Gasteiger partial charge in [-0.05, 0) is 59.1 Å². The molecule has 2 rings (SSSR count). The molecule has 1 aliphatic heterocycles. The molecule has 0 saturated carbocycles. The van der Waals surface area contributed by atoms with Crippen LogP contribution < -0.4 is 14.8 Å². The van der Waals surface area contributed by atoms with E-state index in [4.69, 9.17) is 27.9 Å². The van der Waals surface area contributed by atoms with Crippen LogP contribution in [0.15, 0.2) is 24.8 Å². The number of piperidine rings is 1. The molecule has 1 heterocycles. The van der Waals surface area contributed by atoms with Gasteiger partial charge < -0.3 is 10.1 Å². The van der Waals surface area contributed by atoms with Gasteiger partial charge in [-0.15, -0.1) is 0 Å². The number of benzene rings is 1. The first kappa shape index (κ1) is 22.7. The summed E-state index contributed by atoms with van der Waals surface area (Å²) in [5.74, 6) is 0.953. The van der Waals surface area contributed by atoms with E-state index in [0.29, 0.717) is 34.4 Å². The minimum atomic E-state index is -1.23. The molecule has 27 heavy (non-hydrogen) atoms. The molecule has 1 aromatic carbocycles. The van der Waals surface area contributed by atoms with E-state index in [1.807, 2.05) is 26.8 Å². The molecule has 1 fully saturated rings. The molecule has 4 atom stereocenters. The maximum absolute atomic E-state index is 12.9. The van der Waals surface area contributed by atoms with E-state index >= 15 is 0 Å². The van der Waals surface area contributed by atoms with Crippen molar-refractivity contribution in [3.8, 4) is 5.75 Å². The second kappa shape index (κ2) is 9.75. The zero-order chi connectivity index (χ0) is 20.2. The lowest BCUT2D eigenvalue weighted by molar-refractivity contribution is 0.260. The molecule has 0 amide bonds. The first-order valence-corrected chi connectivity index (χ1v) is 11.2. The lowest BCUT2D eigenvalue weighted by Gasteiger charge is -2.36. The standard InChI is InChI=1S/C20H30Cl2N2O2S/c1-6-9-26-18-12-17(22)16(21)11-15(18)19(24-27(25)20(3,4)5)14-7-8-23-13(2)10-14/h6,11-14,19,23-24H,1,7-10H2,2-5H3/t13?,14?,19-,27?/m1/s1. The van der Waals surface area contributed by atoms with Gasteiger partial charge in [0.2, 0.25) is 0 Å². The van der Waals surface area contributed by atoms with Crippen molar-refractivity contribution in [1.29, 1.82) is 0 Å². The van der Waals surface area contributed by atoms with Crippen LogP contribution in [0.2, 0.25) is 10.0 Å². The van der Waals surface area contributed by atoms with Crippen molar-refractivity contribution in [3.05, 3.63) is 40.4 Å². The third-order valence-corrected chi connectivity index (χ3v) is 6.97. The summed E-state index contributed by atoms with van der Waals surface area (Å²) >= 11 is 12.6. The maximum atomic E-state index is 12.9. The normalized spacial score (nSPS) is 22.9. The fourth-order valence-electron chi connectivity index (χ4n) is 3.24. The second-order valence-corrected chi connectivity index (χ2v) is 10.8. The summed E-state index contributed by atoms with van der Waals surface area (Å²) in [6.45, 7) is 13.1. The maximum Gasteiger partial charge on any atom is 0.126 e. The quantitative estimate of drug-likeness (QED) is 0.593. The van der Waals surface area contributed by atoms with Crippen LogP contribution in [-0.4, -0.2) is 28.1 Å². The van der Waals surface area contributed by atoms with Crippen LogP contribution in [0.5, 0.6) is 5.75 Å². The molecule has 0 aliphatic carbocycles. The van der Waals surface area contributed by atoms with Crippen molar-refractivity contribution in [2.75, 3.05) is 13.2 Å². The van der Waals surface area contributed by atoms with Crippen molar-refractivity contribution in [1.82, 2.24) is 10.0 Å². The van der Waals surface area contributed by atoms with Crippen LogP contribution in [0.1, 0.15) is 52.1 Å². The van der Waals surface area contributed by atoms with Gasteiger partial charge in [-0.3, -0.25) is 0 Å². The Hall–Kier alpha value is -0.590. The fraction of sp³-hybridized carbons (Fsp3) is 0.600. The molecular weight excluding hydrogens is 403 g/mol. The van der Waals surface area contributed by atoms with Gasteiger partial charge in [0.25, 0.3) is 0 Å². The largest absolute Gasteiger partial charge is 0.489 e. The molecular formula is C20H30Cl2N2O2S. The van der Waals surface area contributed by atoms with E-state index in [-0.39, 0.29) is 10.8 Å². The van der Waals surface area contributed by atoms with Crippen molar-refractivity contribution in [2.45, 2.75) is 57.4 Å². The van der Waals surface area contributed by atoms with E-state index < -0.39 is 11.0 Å². The predicted molar refractivity (Wildman–Crippen MR) is 116 cm³/mol. The van der Waals surface area contributed by atoms with Crippen LogP contribution in [0.3, 0.4) is 0 Å². The second-order valence-electron chi connectivity index (χ2n) is 8.02. The summed E-state index contributed by atoms with van der Waals surface area (Å²) in [7, 11) is -1.23. The highest BCUT2D eigenvalue weighted by Gasteiger charge is 2.33. The molecule has 3 unspecified atom stereocenters. The van der Waals surface area contributed by atoms with Crippen molar-refractivity contribution >= 4 is 34.2 Å². The molecule has 7 heteroatoms. The highest BCUT2D eigenvalue weighted by Crippen LogP contribution is 2.40. The van der Waals surface area contributed by atoms with Crippen molar-refractivity contribution < 1.29 is 8.95 Å². The van der Waals surface area contributed by atoms with E-state index in [9.17, 15) is 4.21 Å². The Morgan fingerprint density at radius 3 is 2.67 bits per heavy atom. The van der Waals surface area contributed by atoms with Gasteiger partial charge in [0.1, 0.15) is 12.4 Å². The average molecular weight is 433 g/mol. The lowest BCUT2D eigenvalue weighted by Crippen LogP contribution is -2.44. The number of halogens is 2. The molecule has 2 N–H and O–H groups in total. The molecule has 0 spiro atoms. The minimum Gasteiger partial charge on any atom is -0.489 e. The Balaban J connectivity index is 2.46. The van der Waals surface area contributed by atoms with Gasteiger partial charge in [-0.1, -0.05) is 35.9 Å². The molecule has 1 aromatic rings. The number of hydrogen-bond donors (Lipinski definition) is 2. The Labute approximate surface area is 175 Å². The molecule has 0 bridgehead atoms. The van der Waals surface area contributed by atoms with Gasteiger partial charge in [0, 0.05) is 17.7 Å². The topological polar surface area (TPSA) is 50.4 Å². The average Bonchev–Trinajstić information content (AvgIpc) is 2.59. The van der Waals surface area contributed by atoms with Gasteiger partial charge in [0.05, 0.1) is 31.8 Å². The zero-order valence-corrected chi connectivity index (χ0v) is 18.8. The van der Waals surface area contributed by atoms with Gasteiger partial charge in [-0.2, -0.15) is 0 Å². The third-order valence-electron chi connectivity index (χ3n) is 4.67. The number of nitrogens with one attached hydrogen (secondary N) is 2. The molecule has 0 radical (unpaired) electrons. The smallest absolute Gasteiger partial charge is 0.126 e. The first-order valence-electron chi connectivity index (χ1n) is 9.27. The highest BCUT2D eigenvalue weighted by atomic mass is 35.5. The molecule has 0 aromatic heterocycles. The SMILES string of the molecule is C=CCOc1cc(Cl)c(Cl)cc1[C@H](NS(=O)C(C)(C)C)C1CCNC(C)C1. The van der Waals surface area contributed by atoms with Crippen LogP contribution in [0.4, 0.5) is 0 Å². The first-order chi connectivity index (χ1) is 12.6. The van der Waals surface area contributed by atoms with E-state index in [0.717, 1.165) is 24.9 Å². The van der Waals surface area contributed by atoms with E-state index in [1.165, 1.54) is 0 Å². The Kier molecular flexibility index (Phi) is 8.19. The lowest BCUT2D eigenvalue weighted by atomic mass is 9.83. The summed E-state index contributed by atoms with van der Waals surface area (Å²) in [4.78, 5) is 0. The minimum absolute atomic E-state index is 0.149. The van der Waals surface area contributed by atoms with Crippen LogP contribution in [0.25, 0.3) is 0 Å². The van der Waals surface area contributed by atoms with Gasteiger partial charge in [0.15, 0.2) is 0 Å². The Morgan fingerprint density at radius 2 is 2.07 bits per heavy atom. The fourth-order valence-corrected chi connectivity index (χ4v) is 4.47. The van der Waals surface area contributed by atoms with Crippen molar-refractivity contribution in [3.63, 3.8) is 0 Å². The number of ether oxygens (including phenoxy) is 1. The summed E-state index contributed by atoms with van der Waals surface area (Å²) in [5, 5.41) is 4.38. The molecule has 1 saturated heterocycles. The Bertz CT molecular complexity index is 691. The monoisotopic (exact) mass is 432 g/mol. The van der Waals surface area contributed by atoms with Gasteiger partial charge in [-0.25, -0.2) is 8.93 Å². The van der Waals surface area contributed by atoms with Crippen LogP contribution >= 0.6 is 23.2 Å². The number of rotatable bonds is 7. The molecule has 4 nitrogen and oxygen atoms in total. The van der Waals surface area contributed by atoms with Crippen LogP contribution in [0, 0.1) is 5.92 Å². The third kappa shape index (κ3) is 6.20. The summed E-state index contributed by atoms with van der Waals surface area (Å²) < 4.78 is 21.8. The Morgan fingerprint density at radius 1 is 1.41 bits per heavy atom. The summed E-state index contributed by atoms with van der Waals surface area (Å²) in [6.07, 6.45) is 3.64.